The zero-order valence-corrected chi connectivity index (χ0v) is 12.4. The molecule has 0 aliphatic rings. The first-order chi connectivity index (χ1) is 11.3. The molecule has 11 heteroatoms. The number of hydrogen-bond donors (Lipinski definition) is 3. The van der Waals surface area contributed by atoms with E-state index in [0.29, 0.717) is 0 Å². The van der Waals surface area contributed by atoms with Gasteiger partial charge in [-0.15, -0.1) is 15.0 Å². The number of benzene rings is 2. The van der Waals surface area contributed by atoms with Crippen LogP contribution < -0.4 is 5.73 Å². The Bertz CT molecular complexity index is 1020. The smallest absolute Gasteiger partial charge is 0.338 e. The molecule has 0 bridgehead atoms. The molecule has 0 unspecified atom stereocenters. The Hall–Kier alpha value is -3.40. The van der Waals surface area contributed by atoms with E-state index >= 15 is 0 Å². The van der Waals surface area contributed by atoms with Gasteiger partial charge in [0.2, 0.25) is 0 Å². The Morgan fingerprint density at radius 1 is 1.29 bits per heavy atom. The molecule has 0 saturated heterocycles. The van der Waals surface area contributed by atoms with Crippen molar-refractivity contribution in [1.82, 2.24) is 15.0 Å². The molecule has 10 nitrogen and oxygen atoms in total. The molecule has 0 aliphatic heterocycles. The number of halogens is 1. The molecule has 0 aliphatic carbocycles. The number of fused-ring (bicyclic) bond motifs is 1. The summed E-state index contributed by atoms with van der Waals surface area (Å²) in [5.74, 6) is -1.73. The number of aromatic nitrogens is 3. The van der Waals surface area contributed by atoms with Crippen molar-refractivity contribution in [3.05, 3.63) is 45.0 Å². The summed E-state index contributed by atoms with van der Waals surface area (Å²) in [7, 11) is 0. The Morgan fingerprint density at radius 2 is 1.96 bits per heavy atom. The van der Waals surface area contributed by atoms with Crippen LogP contribution in [0.5, 0.6) is 5.75 Å². The van der Waals surface area contributed by atoms with Gasteiger partial charge < -0.3 is 15.9 Å². The second-order valence-electron chi connectivity index (χ2n) is 4.75. The maximum atomic E-state index is 11.3. The van der Waals surface area contributed by atoms with Crippen molar-refractivity contribution in [2.75, 3.05) is 5.73 Å². The Morgan fingerprint density at radius 3 is 2.54 bits per heavy atom. The Balaban J connectivity index is 2.25. The summed E-state index contributed by atoms with van der Waals surface area (Å²) in [4.78, 5) is 22.3. The van der Waals surface area contributed by atoms with Crippen molar-refractivity contribution >= 4 is 40.0 Å². The van der Waals surface area contributed by atoms with Crippen LogP contribution in [0, 0.1) is 10.1 Å². The lowest BCUT2D eigenvalue weighted by Gasteiger charge is -2.02. The number of non-ortho nitro benzene ring substituents is 1. The van der Waals surface area contributed by atoms with Gasteiger partial charge in [0.25, 0.3) is 5.69 Å². The van der Waals surface area contributed by atoms with Gasteiger partial charge in [0.15, 0.2) is 0 Å². The highest BCUT2D eigenvalue weighted by Gasteiger charge is 2.21. The minimum absolute atomic E-state index is 0.0153. The maximum Gasteiger partial charge on any atom is 0.338 e. The van der Waals surface area contributed by atoms with Crippen LogP contribution in [0.2, 0.25) is 5.02 Å². The van der Waals surface area contributed by atoms with Crippen molar-refractivity contribution in [2.45, 2.75) is 0 Å². The van der Waals surface area contributed by atoms with Crippen molar-refractivity contribution < 1.29 is 19.9 Å². The van der Waals surface area contributed by atoms with Crippen LogP contribution in [0.4, 0.5) is 11.4 Å². The monoisotopic (exact) mass is 349 g/mol. The summed E-state index contributed by atoms with van der Waals surface area (Å²) in [6, 6.07) is 4.46. The molecule has 0 atom stereocenters. The number of rotatable bonds is 3. The number of anilines is 1. The first-order valence-corrected chi connectivity index (χ1v) is 6.73. The van der Waals surface area contributed by atoms with Gasteiger partial charge >= 0.3 is 5.97 Å². The van der Waals surface area contributed by atoms with Gasteiger partial charge in [0.05, 0.1) is 27.3 Å². The number of aromatic carboxylic acids is 1. The second kappa shape index (κ2) is 5.35. The number of phenolic OH excluding ortho intramolecular Hbond substituents is 1. The number of aromatic hydroxyl groups is 1. The summed E-state index contributed by atoms with van der Waals surface area (Å²) in [6.45, 7) is 0. The third-order valence-electron chi connectivity index (χ3n) is 3.25. The molecule has 122 valence electrons. The van der Waals surface area contributed by atoms with E-state index in [-0.39, 0.29) is 38.7 Å². The molecule has 3 aromatic rings. The fraction of sp³-hybridized carbons (Fsp3) is 0. The van der Waals surface area contributed by atoms with E-state index < -0.39 is 16.6 Å². The number of nitrogens with two attached hydrogens (primary N) is 1. The lowest BCUT2D eigenvalue weighted by atomic mass is 10.1. The molecule has 3 rings (SSSR count). The van der Waals surface area contributed by atoms with Crippen molar-refractivity contribution in [3.8, 4) is 11.4 Å². The molecule has 1 aromatic heterocycles. The number of nitro groups is 1. The highest BCUT2D eigenvalue weighted by atomic mass is 35.5. The number of carbonyl (C=O) groups is 1. The molecule has 1 heterocycles. The summed E-state index contributed by atoms with van der Waals surface area (Å²) in [5, 5.41) is 37.9. The van der Waals surface area contributed by atoms with E-state index in [4.69, 9.17) is 17.3 Å². The molecule has 0 saturated carbocycles. The highest BCUT2D eigenvalue weighted by molar-refractivity contribution is 6.38. The number of hydrogen-bond acceptors (Lipinski definition) is 7. The molecule has 0 radical (unpaired) electrons. The molecule has 0 amide bonds. The molecular formula is C13H8ClN5O5. The van der Waals surface area contributed by atoms with Crippen molar-refractivity contribution in [2.24, 2.45) is 0 Å². The summed E-state index contributed by atoms with van der Waals surface area (Å²) in [5.41, 5.74) is 5.17. The second-order valence-corrected chi connectivity index (χ2v) is 5.13. The minimum atomic E-state index is -1.27. The van der Waals surface area contributed by atoms with Crippen LogP contribution in [0.1, 0.15) is 10.4 Å². The normalized spacial score (nSPS) is 10.9. The number of phenols is 1. The van der Waals surface area contributed by atoms with E-state index in [9.17, 15) is 25.1 Å². The van der Waals surface area contributed by atoms with Crippen LogP contribution in [0.3, 0.4) is 0 Å². The third-order valence-corrected chi connectivity index (χ3v) is 3.64. The van der Waals surface area contributed by atoms with E-state index in [1.54, 1.807) is 0 Å². The highest BCUT2D eigenvalue weighted by Crippen LogP contribution is 2.32. The largest absolute Gasteiger partial charge is 0.505 e. The van der Waals surface area contributed by atoms with Gasteiger partial charge in [-0.2, -0.15) is 0 Å². The Labute approximate surface area is 137 Å². The van der Waals surface area contributed by atoms with E-state index in [1.807, 2.05) is 0 Å². The lowest BCUT2D eigenvalue weighted by molar-refractivity contribution is -0.384. The average molecular weight is 350 g/mol. The van der Waals surface area contributed by atoms with Gasteiger partial charge in [-0.05, 0) is 12.1 Å². The molecule has 2 aromatic carbocycles. The number of nitrogen functional groups attached to an aromatic ring is 1. The first kappa shape index (κ1) is 15.5. The summed E-state index contributed by atoms with van der Waals surface area (Å²) >= 11 is 6.02. The maximum absolute atomic E-state index is 11.3. The van der Waals surface area contributed by atoms with Crippen LogP contribution in [0.15, 0.2) is 24.3 Å². The van der Waals surface area contributed by atoms with Gasteiger partial charge in [0, 0.05) is 6.07 Å². The van der Waals surface area contributed by atoms with Gasteiger partial charge in [-0.25, -0.2) is 4.79 Å². The Kier molecular flexibility index (Phi) is 3.45. The molecule has 0 fully saturated rings. The van der Waals surface area contributed by atoms with E-state index in [1.165, 1.54) is 6.07 Å². The number of carboxylic acids is 1. The standard InChI is InChI=1S/C13H8ClN5O5/c14-10-7(15)4-6(13(21)22)11-12(10)17-18(16-11)8-2-1-5(19(23)24)3-9(8)20/h1-4,20H,15H2,(H,21,22). The van der Waals surface area contributed by atoms with Crippen LogP contribution >= 0.6 is 11.6 Å². The van der Waals surface area contributed by atoms with Crippen molar-refractivity contribution in [3.63, 3.8) is 0 Å². The molecule has 24 heavy (non-hydrogen) atoms. The van der Waals surface area contributed by atoms with Gasteiger partial charge in [-0.1, -0.05) is 11.6 Å². The topological polar surface area (TPSA) is 157 Å². The number of carboxylic acid groups (broad SMARTS) is 1. The summed E-state index contributed by atoms with van der Waals surface area (Å²) in [6.07, 6.45) is 0. The average Bonchev–Trinajstić information content (AvgIpc) is 2.95. The zero-order chi connectivity index (χ0) is 17.6. The van der Waals surface area contributed by atoms with Crippen LogP contribution in [0.25, 0.3) is 16.7 Å². The zero-order valence-electron chi connectivity index (χ0n) is 11.7. The molecule has 0 spiro atoms. The number of nitro benzene ring substituents is 1. The van der Waals surface area contributed by atoms with Gasteiger partial charge in [0.1, 0.15) is 22.5 Å². The van der Waals surface area contributed by atoms with Crippen LogP contribution in [-0.2, 0) is 0 Å². The third kappa shape index (κ3) is 2.34. The fourth-order valence-corrected chi connectivity index (χ4v) is 2.31. The SMILES string of the molecule is Nc1cc(C(=O)O)c2nn(-c3ccc([N+](=O)[O-])cc3O)nc2c1Cl. The van der Waals surface area contributed by atoms with E-state index in [2.05, 4.69) is 10.2 Å². The van der Waals surface area contributed by atoms with Crippen LogP contribution in [-0.4, -0.2) is 36.1 Å². The van der Waals surface area contributed by atoms with E-state index in [0.717, 1.165) is 23.0 Å². The quantitative estimate of drug-likeness (QED) is 0.367. The first-order valence-electron chi connectivity index (χ1n) is 6.35. The fourth-order valence-electron chi connectivity index (χ4n) is 2.13. The summed E-state index contributed by atoms with van der Waals surface area (Å²) < 4.78 is 0. The lowest BCUT2D eigenvalue weighted by Crippen LogP contribution is -2.01. The number of nitrogens with zero attached hydrogens (tertiary/aromatic N) is 4. The predicted octanol–water partition coefficient (Wildman–Crippen LogP) is 1.97. The van der Waals surface area contributed by atoms with Crippen molar-refractivity contribution in [1.29, 1.82) is 0 Å². The minimum Gasteiger partial charge on any atom is -0.505 e. The van der Waals surface area contributed by atoms with Gasteiger partial charge in [-0.3, -0.25) is 10.1 Å². The molecule has 4 N–H and O–H groups in total. The predicted molar refractivity (Wildman–Crippen MR) is 83.6 cm³/mol. The molecular weight excluding hydrogens is 342 g/mol.